The van der Waals surface area contributed by atoms with E-state index in [9.17, 15) is 9.59 Å². The zero-order chi connectivity index (χ0) is 26.5. The smallest absolute Gasteiger partial charge is 0.356 e. The van der Waals surface area contributed by atoms with Crippen molar-refractivity contribution in [3.05, 3.63) is 72.3 Å². The number of amides is 1. The summed E-state index contributed by atoms with van der Waals surface area (Å²) in [5.41, 5.74) is 2.97. The molecule has 4 heterocycles. The Morgan fingerprint density at radius 2 is 2.08 bits per heavy atom. The number of esters is 1. The topological polar surface area (TPSA) is 112 Å². The molecule has 1 aliphatic heterocycles. The molecular weight excluding hydrogens is 484 g/mol. The van der Waals surface area contributed by atoms with Gasteiger partial charge < -0.3 is 24.7 Å². The van der Waals surface area contributed by atoms with E-state index in [1.165, 1.54) is 7.11 Å². The molecule has 2 atom stereocenters. The lowest BCUT2D eigenvalue weighted by atomic mass is 10.2. The average molecular weight is 517 g/mol. The molecule has 0 radical (unpaired) electrons. The van der Waals surface area contributed by atoms with Gasteiger partial charge in [-0.25, -0.2) is 9.78 Å². The minimum atomic E-state index is -0.552. The van der Waals surface area contributed by atoms with E-state index in [0.717, 1.165) is 30.6 Å². The van der Waals surface area contributed by atoms with Crippen LogP contribution in [-0.4, -0.2) is 57.1 Å². The zero-order valence-corrected chi connectivity index (χ0v) is 21.6. The molecule has 0 unspecified atom stereocenters. The lowest BCUT2D eigenvalue weighted by molar-refractivity contribution is -0.124. The van der Waals surface area contributed by atoms with Gasteiger partial charge in [0, 0.05) is 43.5 Å². The van der Waals surface area contributed by atoms with Crippen LogP contribution in [0.3, 0.4) is 0 Å². The van der Waals surface area contributed by atoms with E-state index in [1.807, 2.05) is 53.3 Å². The number of aromatic nitrogens is 4. The van der Waals surface area contributed by atoms with Crippen LogP contribution in [0.5, 0.6) is 0 Å². The molecule has 5 rings (SSSR count). The van der Waals surface area contributed by atoms with Gasteiger partial charge in [0.1, 0.15) is 11.8 Å². The molecule has 0 saturated carbocycles. The number of fused-ring (bicyclic) bond motifs is 1. The van der Waals surface area contributed by atoms with Crippen molar-refractivity contribution in [2.75, 3.05) is 24.4 Å². The third-order valence-electron chi connectivity index (χ3n) is 6.69. The first-order valence-corrected chi connectivity index (χ1v) is 12.8. The Morgan fingerprint density at radius 3 is 2.79 bits per heavy atom. The minimum Gasteiger partial charge on any atom is -0.464 e. The first-order chi connectivity index (χ1) is 18.5. The highest BCUT2D eigenvalue weighted by molar-refractivity contribution is 6.12. The number of anilines is 2. The molecule has 0 spiro atoms. The van der Waals surface area contributed by atoms with Crippen LogP contribution in [-0.2, 0) is 27.4 Å². The zero-order valence-electron chi connectivity index (χ0n) is 21.6. The lowest BCUT2D eigenvalue weighted by Gasteiger charge is -2.15. The van der Waals surface area contributed by atoms with Gasteiger partial charge in [-0.2, -0.15) is 5.10 Å². The number of carbonyl (C=O) groups excluding carboxylic acids is 2. The molecule has 4 aromatic rings. The van der Waals surface area contributed by atoms with Crippen LogP contribution in [0.4, 0.5) is 11.4 Å². The number of nitrogens with zero attached hydrogens (tertiary/aromatic N) is 4. The molecule has 1 amide bonds. The largest absolute Gasteiger partial charge is 0.464 e. The molecule has 1 saturated heterocycles. The molecule has 1 aliphatic rings. The molecule has 1 aromatic carbocycles. The Labute approximate surface area is 220 Å². The summed E-state index contributed by atoms with van der Waals surface area (Å²) in [6.45, 7) is 3.80. The van der Waals surface area contributed by atoms with Gasteiger partial charge in [0.2, 0.25) is 0 Å². The van der Waals surface area contributed by atoms with E-state index >= 15 is 0 Å². The molecule has 0 bridgehead atoms. The van der Waals surface area contributed by atoms with Gasteiger partial charge >= 0.3 is 5.97 Å². The highest BCUT2D eigenvalue weighted by atomic mass is 16.5. The first-order valence-electron chi connectivity index (χ1n) is 12.8. The summed E-state index contributed by atoms with van der Waals surface area (Å²) in [6, 6.07) is 13.7. The van der Waals surface area contributed by atoms with E-state index in [0.29, 0.717) is 36.3 Å². The number of hydrogen-bond acceptors (Lipinski definition) is 7. The molecule has 198 valence electrons. The van der Waals surface area contributed by atoms with Crippen LogP contribution < -0.4 is 10.6 Å². The normalized spacial score (nSPS) is 15.9. The summed E-state index contributed by atoms with van der Waals surface area (Å²) in [5.74, 6) is -0.832. The number of nitrogens with one attached hydrogen (secondary N) is 2. The molecule has 38 heavy (non-hydrogen) atoms. The van der Waals surface area contributed by atoms with E-state index in [-0.39, 0.29) is 17.6 Å². The number of pyridine rings is 1. The van der Waals surface area contributed by atoms with E-state index in [1.54, 1.807) is 17.0 Å². The number of rotatable bonds is 10. The summed E-state index contributed by atoms with van der Waals surface area (Å²) in [7, 11) is 1.33. The number of methoxy groups -OCH3 is 1. The predicted molar refractivity (Wildman–Crippen MR) is 144 cm³/mol. The molecular formula is C28H32N6O4. The molecule has 3 aromatic heterocycles. The SMILES string of the molecule is COC(=O)c1c(NC(=O)[C@H]2CCCO2)c2cc(N[C@@H](C)CCn3cccn3)cnc2n1Cc1ccccc1. The third-order valence-corrected chi connectivity index (χ3v) is 6.69. The Bertz CT molecular complexity index is 1390. The van der Waals surface area contributed by atoms with Gasteiger partial charge in [0.05, 0.1) is 24.7 Å². The van der Waals surface area contributed by atoms with Gasteiger partial charge in [0.25, 0.3) is 5.91 Å². The average Bonchev–Trinajstić information content (AvgIpc) is 3.70. The van der Waals surface area contributed by atoms with Gasteiger partial charge in [0.15, 0.2) is 5.69 Å². The van der Waals surface area contributed by atoms with Crippen LogP contribution in [0.25, 0.3) is 11.0 Å². The third kappa shape index (κ3) is 5.55. The Morgan fingerprint density at radius 1 is 1.24 bits per heavy atom. The molecule has 10 nitrogen and oxygen atoms in total. The van der Waals surface area contributed by atoms with Crippen molar-refractivity contribution in [3.8, 4) is 0 Å². The van der Waals surface area contributed by atoms with Gasteiger partial charge in [-0.15, -0.1) is 0 Å². The van der Waals surface area contributed by atoms with Crippen LogP contribution >= 0.6 is 0 Å². The standard InChI is InChI=1S/C28H32N6O4/c1-19(11-14-33-13-7-12-30-33)31-21-16-22-24(32-27(35)23-10-6-15-38-23)25(28(36)37-2)34(26(22)29-17-21)18-20-8-4-3-5-9-20/h3-5,7-9,12-13,16-17,19,23,31H,6,10-11,14-15,18H2,1-2H3,(H,32,35)/t19-,23+/m0/s1. The number of hydrogen-bond donors (Lipinski definition) is 2. The van der Waals surface area contributed by atoms with E-state index in [2.05, 4.69) is 22.7 Å². The maximum atomic E-state index is 13.1. The first kappa shape index (κ1) is 25.5. The van der Waals surface area contributed by atoms with Crippen molar-refractivity contribution in [2.24, 2.45) is 0 Å². The lowest BCUT2D eigenvalue weighted by Crippen LogP contribution is -2.28. The highest BCUT2D eigenvalue weighted by Gasteiger charge is 2.30. The van der Waals surface area contributed by atoms with Crippen molar-refractivity contribution in [1.29, 1.82) is 0 Å². The second kappa shape index (κ2) is 11.5. The summed E-state index contributed by atoms with van der Waals surface area (Å²) in [6.07, 6.45) is 7.22. The second-order valence-electron chi connectivity index (χ2n) is 9.48. The Hall–Kier alpha value is -4.18. The van der Waals surface area contributed by atoms with Crippen LogP contribution in [0, 0.1) is 0 Å². The fourth-order valence-corrected chi connectivity index (χ4v) is 4.76. The number of carbonyl (C=O) groups is 2. The van der Waals surface area contributed by atoms with E-state index < -0.39 is 12.1 Å². The molecule has 10 heteroatoms. The van der Waals surface area contributed by atoms with Crippen molar-refractivity contribution >= 4 is 34.3 Å². The van der Waals surface area contributed by atoms with Crippen molar-refractivity contribution < 1.29 is 19.1 Å². The minimum absolute atomic E-state index is 0.134. The monoisotopic (exact) mass is 516 g/mol. The van der Waals surface area contributed by atoms with Crippen LogP contribution in [0.2, 0.25) is 0 Å². The fraction of sp³-hybridized carbons (Fsp3) is 0.357. The summed E-state index contributed by atoms with van der Waals surface area (Å²) in [4.78, 5) is 30.9. The number of aryl methyl sites for hydroxylation is 1. The van der Waals surface area contributed by atoms with Gasteiger partial charge in [-0.05, 0) is 43.9 Å². The summed E-state index contributed by atoms with van der Waals surface area (Å²) >= 11 is 0. The number of benzene rings is 1. The molecule has 1 fully saturated rings. The van der Waals surface area contributed by atoms with Crippen LogP contribution in [0.15, 0.2) is 61.1 Å². The van der Waals surface area contributed by atoms with Gasteiger partial charge in [-0.1, -0.05) is 30.3 Å². The van der Waals surface area contributed by atoms with Crippen molar-refractivity contribution in [2.45, 2.75) is 51.4 Å². The molecule has 2 N–H and O–H groups in total. The highest BCUT2D eigenvalue weighted by Crippen LogP contribution is 2.34. The molecule has 0 aliphatic carbocycles. The fourth-order valence-electron chi connectivity index (χ4n) is 4.76. The maximum absolute atomic E-state index is 13.1. The van der Waals surface area contributed by atoms with E-state index in [4.69, 9.17) is 14.5 Å². The summed E-state index contributed by atoms with van der Waals surface area (Å²) < 4.78 is 14.4. The predicted octanol–water partition coefficient (Wildman–Crippen LogP) is 4.08. The number of ether oxygens (including phenoxy) is 2. The summed E-state index contributed by atoms with van der Waals surface area (Å²) in [5, 5.41) is 11.4. The second-order valence-corrected chi connectivity index (χ2v) is 9.48. The van der Waals surface area contributed by atoms with Crippen molar-refractivity contribution in [1.82, 2.24) is 19.3 Å². The van der Waals surface area contributed by atoms with Gasteiger partial charge in [-0.3, -0.25) is 9.48 Å². The van der Waals surface area contributed by atoms with Crippen molar-refractivity contribution in [3.63, 3.8) is 0 Å². The Kier molecular flexibility index (Phi) is 7.69. The Balaban J connectivity index is 1.52. The quantitative estimate of drug-likeness (QED) is 0.306. The van der Waals surface area contributed by atoms with Crippen LogP contribution in [0.1, 0.15) is 42.2 Å². The maximum Gasteiger partial charge on any atom is 0.356 e.